The van der Waals surface area contributed by atoms with Gasteiger partial charge in [-0.05, 0) is 31.5 Å². The Morgan fingerprint density at radius 2 is 2.16 bits per heavy atom. The Bertz CT molecular complexity index is 592. The fourth-order valence-electron chi connectivity index (χ4n) is 1.75. The van der Waals surface area contributed by atoms with Crippen molar-refractivity contribution in [3.05, 3.63) is 39.8 Å². The van der Waals surface area contributed by atoms with E-state index in [4.69, 9.17) is 0 Å². The second-order valence-corrected chi connectivity index (χ2v) is 5.39. The van der Waals surface area contributed by atoms with Gasteiger partial charge >= 0.3 is 0 Å². The van der Waals surface area contributed by atoms with Gasteiger partial charge in [-0.3, -0.25) is 4.79 Å². The van der Waals surface area contributed by atoms with Gasteiger partial charge in [0.25, 0.3) is 0 Å². The lowest BCUT2D eigenvalue weighted by Crippen LogP contribution is -2.07. The molecule has 2 aromatic rings. The first-order valence-corrected chi connectivity index (χ1v) is 6.95. The van der Waals surface area contributed by atoms with Gasteiger partial charge in [0.15, 0.2) is 0 Å². The highest BCUT2D eigenvalue weighted by molar-refractivity contribution is 7.09. The van der Waals surface area contributed by atoms with Crippen LogP contribution in [0.2, 0.25) is 0 Å². The summed E-state index contributed by atoms with van der Waals surface area (Å²) < 4.78 is 0. The van der Waals surface area contributed by atoms with Crippen LogP contribution < -0.4 is 10.6 Å². The molecule has 0 saturated carbocycles. The zero-order valence-corrected chi connectivity index (χ0v) is 12.1. The Balaban J connectivity index is 2.08. The van der Waals surface area contributed by atoms with Gasteiger partial charge in [0.2, 0.25) is 5.91 Å². The zero-order chi connectivity index (χ0) is 13.8. The number of hydrogen-bond donors (Lipinski definition) is 2. The minimum atomic E-state index is -0.0645. The Kier molecular flexibility index (Phi) is 4.16. The summed E-state index contributed by atoms with van der Waals surface area (Å²) in [5.41, 5.74) is 4.00. The van der Waals surface area contributed by atoms with Crippen LogP contribution in [0.25, 0.3) is 0 Å². The number of anilines is 2. The highest BCUT2D eigenvalue weighted by Gasteiger charge is 2.03. The van der Waals surface area contributed by atoms with E-state index in [-0.39, 0.29) is 5.91 Å². The van der Waals surface area contributed by atoms with Crippen molar-refractivity contribution in [3.8, 4) is 0 Å². The average Bonchev–Trinajstić information content (AvgIpc) is 2.75. The molecule has 0 bridgehead atoms. The molecule has 1 aromatic carbocycles. The summed E-state index contributed by atoms with van der Waals surface area (Å²) in [7, 11) is 0. The number of thiazole rings is 1. The van der Waals surface area contributed by atoms with Crippen LogP contribution in [-0.4, -0.2) is 10.9 Å². The summed E-state index contributed by atoms with van der Waals surface area (Å²) in [5, 5.41) is 9.23. The van der Waals surface area contributed by atoms with E-state index in [0.29, 0.717) is 6.54 Å². The number of carbonyl (C=O) groups excluding carboxylic acids is 1. The summed E-state index contributed by atoms with van der Waals surface area (Å²) in [6.45, 7) is 6.23. The lowest BCUT2D eigenvalue weighted by atomic mass is 10.2. The highest BCUT2D eigenvalue weighted by atomic mass is 32.1. The molecule has 4 nitrogen and oxygen atoms in total. The molecule has 0 fully saturated rings. The van der Waals surface area contributed by atoms with E-state index in [1.165, 1.54) is 6.92 Å². The van der Waals surface area contributed by atoms with E-state index >= 15 is 0 Å². The topological polar surface area (TPSA) is 54.0 Å². The number of aryl methyl sites for hydroxylation is 2. The van der Waals surface area contributed by atoms with Gasteiger partial charge in [-0.15, -0.1) is 11.3 Å². The van der Waals surface area contributed by atoms with Crippen molar-refractivity contribution in [2.24, 2.45) is 0 Å². The number of amides is 1. The molecular weight excluding hydrogens is 258 g/mol. The molecule has 0 aliphatic rings. The van der Waals surface area contributed by atoms with Crippen molar-refractivity contribution < 1.29 is 4.79 Å². The van der Waals surface area contributed by atoms with Crippen LogP contribution in [0.15, 0.2) is 23.6 Å². The van der Waals surface area contributed by atoms with E-state index in [2.05, 4.69) is 15.6 Å². The number of hydrogen-bond acceptors (Lipinski definition) is 4. The SMILES string of the molecule is CC(=O)Nc1ccc(C)c(NCc2nc(C)cs2)c1. The summed E-state index contributed by atoms with van der Waals surface area (Å²) in [6, 6.07) is 5.83. The first-order chi connectivity index (χ1) is 9.04. The van der Waals surface area contributed by atoms with Crippen LogP contribution >= 0.6 is 11.3 Å². The molecule has 2 N–H and O–H groups in total. The van der Waals surface area contributed by atoms with Gasteiger partial charge in [-0.25, -0.2) is 4.98 Å². The second kappa shape index (κ2) is 5.84. The molecule has 5 heteroatoms. The number of nitrogens with zero attached hydrogens (tertiary/aromatic N) is 1. The quantitative estimate of drug-likeness (QED) is 0.900. The first-order valence-electron chi connectivity index (χ1n) is 6.07. The predicted molar refractivity (Wildman–Crippen MR) is 79.7 cm³/mol. The lowest BCUT2D eigenvalue weighted by molar-refractivity contribution is -0.114. The maximum absolute atomic E-state index is 11.1. The number of rotatable bonds is 4. The van der Waals surface area contributed by atoms with Gasteiger partial charge in [0.1, 0.15) is 5.01 Å². The zero-order valence-electron chi connectivity index (χ0n) is 11.3. The fourth-order valence-corrected chi connectivity index (χ4v) is 2.46. The molecule has 0 unspecified atom stereocenters. The van der Waals surface area contributed by atoms with E-state index in [1.54, 1.807) is 11.3 Å². The summed E-state index contributed by atoms with van der Waals surface area (Å²) in [5.74, 6) is -0.0645. The minimum absolute atomic E-state index is 0.0645. The van der Waals surface area contributed by atoms with Crippen LogP contribution in [0, 0.1) is 13.8 Å². The Labute approximate surface area is 116 Å². The molecular formula is C14H17N3OS. The Morgan fingerprint density at radius 1 is 1.37 bits per heavy atom. The van der Waals surface area contributed by atoms with Crippen molar-refractivity contribution in [2.45, 2.75) is 27.3 Å². The minimum Gasteiger partial charge on any atom is -0.378 e. The van der Waals surface area contributed by atoms with Crippen molar-refractivity contribution in [1.29, 1.82) is 0 Å². The van der Waals surface area contributed by atoms with Gasteiger partial charge < -0.3 is 10.6 Å². The van der Waals surface area contributed by atoms with Crippen molar-refractivity contribution in [3.63, 3.8) is 0 Å². The molecule has 1 amide bonds. The summed E-state index contributed by atoms with van der Waals surface area (Å²) in [4.78, 5) is 15.5. The molecule has 0 aliphatic heterocycles. The largest absolute Gasteiger partial charge is 0.378 e. The van der Waals surface area contributed by atoms with Crippen molar-refractivity contribution in [2.75, 3.05) is 10.6 Å². The van der Waals surface area contributed by atoms with Crippen molar-refractivity contribution in [1.82, 2.24) is 4.98 Å². The molecule has 100 valence electrons. The van der Waals surface area contributed by atoms with Gasteiger partial charge in [-0.1, -0.05) is 6.07 Å². The molecule has 19 heavy (non-hydrogen) atoms. The fraction of sp³-hybridized carbons (Fsp3) is 0.286. The van der Waals surface area contributed by atoms with Crippen LogP contribution in [-0.2, 0) is 11.3 Å². The van der Waals surface area contributed by atoms with Gasteiger partial charge in [-0.2, -0.15) is 0 Å². The lowest BCUT2D eigenvalue weighted by Gasteiger charge is -2.10. The smallest absolute Gasteiger partial charge is 0.221 e. The number of benzene rings is 1. The van der Waals surface area contributed by atoms with Crippen LogP contribution in [0.1, 0.15) is 23.2 Å². The third-order valence-electron chi connectivity index (χ3n) is 2.65. The normalized spacial score (nSPS) is 10.3. The monoisotopic (exact) mass is 275 g/mol. The third-order valence-corrected chi connectivity index (χ3v) is 3.62. The number of carbonyl (C=O) groups is 1. The molecule has 0 atom stereocenters. The van der Waals surface area contributed by atoms with E-state index in [1.807, 2.05) is 37.4 Å². The molecule has 0 radical (unpaired) electrons. The molecule has 0 saturated heterocycles. The number of aromatic nitrogens is 1. The number of nitrogens with one attached hydrogen (secondary N) is 2. The highest BCUT2D eigenvalue weighted by Crippen LogP contribution is 2.21. The predicted octanol–water partition coefficient (Wildman–Crippen LogP) is 3.33. The molecule has 1 heterocycles. The summed E-state index contributed by atoms with van der Waals surface area (Å²) >= 11 is 1.65. The molecule has 2 rings (SSSR count). The third kappa shape index (κ3) is 3.79. The van der Waals surface area contributed by atoms with E-state index in [0.717, 1.165) is 27.6 Å². The maximum atomic E-state index is 11.1. The van der Waals surface area contributed by atoms with Crippen molar-refractivity contribution >= 4 is 28.6 Å². The first kappa shape index (κ1) is 13.5. The molecule has 0 aliphatic carbocycles. The Morgan fingerprint density at radius 3 is 2.79 bits per heavy atom. The van der Waals surface area contributed by atoms with Gasteiger partial charge in [0, 0.05) is 29.4 Å². The standard InChI is InChI=1S/C14H17N3OS/c1-9-4-5-12(17-11(3)18)6-13(9)15-7-14-16-10(2)8-19-14/h4-6,8,15H,7H2,1-3H3,(H,17,18). The molecule has 0 spiro atoms. The summed E-state index contributed by atoms with van der Waals surface area (Å²) in [6.07, 6.45) is 0. The van der Waals surface area contributed by atoms with Crippen LogP contribution in [0.4, 0.5) is 11.4 Å². The van der Waals surface area contributed by atoms with Crippen LogP contribution in [0.3, 0.4) is 0 Å². The molecule has 1 aromatic heterocycles. The van der Waals surface area contributed by atoms with Crippen LogP contribution in [0.5, 0.6) is 0 Å². The van der Waals surface area contributed by atoms with Gasteiger partial charge in [0.05, 0.1) is 6.54 Å². The van der Waals surface area contributed by atoms with E-state index < -0.39 is 0 Å². The van der Waals surface area contributed by atoms with E-state index in [9.17, 15) is 4.79 Å². The maximum Gasteiger partial charge on any atom is 0.221 e. The average molecular weight is 275 g/mol. The second-order valence-electron chi connectivity index (χ2n) is 4.45. The Hall–Kier alpha value is -1.88.